The van der Waals surface area contributed by atoms with E-state index in [1.165, 1.54) is 0 Å². The Hall–Kier alpha value is -2.50. The van der Waals surface area contributed by atoms with Crippen LogP contribution in [0.4, 0.5) is 5.82 Å². The second-order valence-corrected chi connectivity index (χ2v) is 4.79. The van der Waals surface area contributed by atoms with Gasteiger partial charge in [-0.15, -0.1) is 0 Å². The maximum Gasteiger partial charge on any atom is 0.183 e. The van der Waals surface area contributed by atoms with Crippen LogP contribution in [-0.4, -0.2) is 38.0 Å². The first kappa shape index (κ1) is 13.5. The van der Waals surface area contributed by atoms with Crippen molar-refractivity contribution in [2.45, 2.75) is 20.8 Å². The van der Waals surface area contributed by atoms with E-state index < -0.39 is 0 Å². The Morgan fingerprint density at radius 3 is 2.43 bits per heavy atom. The van der Waals surface area contributed by atoms with Crippen LogP contribution in [0, 0.1) is 6.92 Å². The molecule has 108 valence electrons. The molecule has 6 nitrogen and oxygen atoms in total. The minimum Gasteiger partial charge on any atom is -0.355 e. The van der Waals surface area contributed by atoms with Crippen molar-refractivity contribution >= 4 is 17.0 Å². The van der Waals surface area contributed by atoms with E-state index >= 15 is 0 Å². The second kappa shape index (κ2) is 5.47. The lowest BCUT2D eigenvalue weighted by atomic mass is 10.2. The topological polar surface area (TPSA) is 70.6 Å². The largest absolute Gasteiger partial charge is 0.355 e. The number of nitrogens with one attached hydrogen (secondary N) is 1. The Morgan fingerprint density at radius 1 is 1.05 bits per heavy atom. The van der Waals surface area contributed by atoms with E-state index in [2.05, 4.69) is 43.7 Å². The highest BCUT2D eigenvalue weighted by molar-refractivity contribution is 5.86. The smallest absolute Gasteiger partial charge is 0.183 e. The lowest BCUT2D eigenvalue weighted by molar-refractivity contribution is 0.841. The van der Waals surface area contributed by atoms with Crippen LogP contribution in [0.25, 0.3) is 22.6 Å². The van der Waals surface area contributed by atoms with Gasteiger partial charge in [0, 0.05) is 31.0 Å². The predicted molar refractivity (Wildman–Crippen MR) is 83.2 cm³/mol. The van der Waals surface area contributed by atoms with Crippen LogP contribution in [0.1, 0.15) is 19.7 Å². The Bertz CT molecular complexity index is 745. The van der Waals surface area contributed by atoms with Crippen molar-refractivity contribution in [3.05, 3.63) is 30.4 Å². The lowest BCUT2D eigenvalue weighted by Gasteiger charge is -2.20. The van der Waals surface area contributed by atoms with Gasteiger partial charge in [-0.25, -0.2) is 15.0 Å². The number of rotatable bonds is 4. The summed E-state index contributed by atoms with van der Waals surface area (Å²) in [6, 6.07) is 3.85. The Labute approximate surface area is 123 Å². The summed E-state index contributed by atoms with van der Waals surface area (Å²) >= 11 is 0. The molecule has 6 heteroatoms. The number of aromatic nitrogens is 5. The van der Waals surface area contributed by atoms with E-state index in [1.807, 2.05) is 19.1 Å². The van der Waals surface area contributed by atoms with Crippen molar-refractivity contribution in [3.63, 3.8) is 0 Å². The molecule has 0 aliphatic carbocycles. The molecule has 0 atom stereocenters. The van der Waals surface area contributed by atoms with Gasteiger partial charge in [-0.3, -0.25) is 4.98 Å². The van der Waals surface area contributed by atoms with Crippen molar-refractivity contribution in [2.75, 3.05) is 18.0 Å². The van der Waals surface area contributed by atoms with Crippen LogP contribution in [-0.2, 0) is 0 Å². The summed E-state index contributed by atoms with van der Waals surface area (Å²) in [5.41, 5.74) is 2.58. The fraction of sp³-hybridized carbons (Fsp3) is 0.333. The molecule has 21 heavy (non-hydrogen) atoms. The van der Waals surface area contributed by atoms with Crippen LogP contribution >= 0.6 is 0 Å². The Kier molecular flexibility index (Phi) is 3.51. The molecule has 0 bridgehead atoms. The summed E-state index contributed by atoms with van der Waals surface area (Å²) in [6.45, 7) is 7.92. The van der Waals surface area contributed by atoms with Gasteiger partial charge in [0.05, 0.1) is 0 Å². The molecule has 0 aliphatic rings. The molecule has 0 fully saturated rings. The van der Waals surface area contributed by atoms with Crippen molar-refractivity contribution in [1.82, 2.24) is 24.9 Å². The van der Waals surface area contributed by atoms with Crippen molar-refractivity contribution in [1.29, 1.82) is 0 Å². The van der Waals surface area contributed by atoms with Gasteiger partial charge < -0.3 is 9.88 Å². The normalized spacial score (nSPS) is 11.0. The highest BCUT2D eigenvalue weighted by Crippen LogP contribution is 2.25. The molecule has 3 aromatic rings. The molecule has 0 aliphatic heterocycles. The van der Waals surface area contributed by atoms with Crippen LogP contribution in [0.15, 0.2) is 24.5 Å². The molecule has 0 radical (unpaired) electrons. The van der Waals surface area contributed by atoms with Gasteiger partial charge in [0.1, 0.15) is 17.2 Å². The van der Waals surface area contributed by atoms with Crippen LogP contribution < -0.4 is 4.90 Å². The molecule has 3 aromatic heterocycles. The van der Waals surface area contributed by atoms with Crippen LogP contribution in [0.2, 0.25) is 0 Å². The number of fused-ring (bicyclic) bond motifs is 1. The number of aromatic amines is 1. The number of imidazole rings is 1. The summed E-state index contributed by atoms with van der Waals surface area (Å²) in [5, 5.41) is 0. The zero-order valence-corrected chi connectivity index (χ0v) is 12.5. The molecule has 0 spiro atoms. The summed E-state index contributed by atoms with van der Waals surface area (Å²) in [5.74, 6) is 2.44. The molecule has 0 amide bonds. The van der Waals surface area contributed by atoms with E-state index in [-0.39, 0.29) is 0 Å². The first-order valence-electron chi connectivity index (χ1n) is 7.12. The third-order valence-electron chi connectivity index (χ3n) is 3.46. The number of hydrogen-bond acceptors (Lipinski definition) is 5. The average Bonchev–Trinajstić information content (AvgIpc) is 2.93. The number of anilines is 1. The molecule has 0 aromatic carbocycles. The zero-order chi connectivity index (χ0) is 14.8. The zero-order valence-electron chi connectivity index (χ0n) is 12.5. The second-order valence-electron chi connectivity index (χ2n) is 4.79. The quantitative estimate of drug-likeness (QED) is 0.796. The maximum atomic E-state index is 4.59. The minimum absolute atomic E-state index is 0.705. The van der Waals surface area contributed by atoms with Gasteiger partial charge >= 0.3 is 0 Å². The van der Waals surface area contributed by atoms with E-state index in [1.54, 1.807) is 12.4 Å². The summed E-state index contributed by atoms with van der Waals surface area (Å²) in [6.07, 6.45) is 3.51. The summed E-state index contributed by atoms with van der Waals surface area (Å²) < 4.78 is 0. The Balaban J connectivity index is 2.19. The highest BCUT2D eigenvalue weighted by Gasteiger charge is 2.15. The fourth-order valence-electron chi connectivity index (χ4n) is 2.39. The molecule has 0 saturated carbocycles. The molecular weight excluding hydrogens is 264 g/mol. The van der Waals surface area contributed by atoms with E-state index in [0.29, 0.717) is 5.65 Å². The number of nitrogens with zero attached hydrogens (tertiary/aromatic N) is 5. The summed E-state index contributed by atoms with van der Waals surface area (Å²) in [7, 11) is 0. The number of H-pyrrole nitrogens is 1. The number of hydrogen-bond donors (Lipinski definition) is 1. The fourth-order valence-corrected chi connectivity index (χ4v) is 2.39. The van der Waals surface area contributed by atoms with Crippen molar-refractivity contribution < 1.29 is 0 Å². The van der Waals surface area contributed by atoms with Gasteiger partial charge in [0.2, 0.25) is 0 Å². The molecule has 0 unspecified atom stereocenters. The monoisotopic (exact) mass is 282 g/mol. The van der Waals surface area contributed by atoms with Gasteiger partial charge in [-0.2, -0.15) is 0 Å². The predicted octanol–water partition coefficient (Wildman–Crippen LogP) is 2.57. The maximum absolute atomic E-state index is 4.59. The van der Waals surface area contributed by atoms with Crippen LogP contribution in [0.5, 0.6) is 0 Å². The third kappa shape index (κ3) is 2.44. The van der Waals surface area contributed by atoms with Gasteiger partial charge in [0.15, 0.2) is 11.5 Å². The third-order valence-corrected chi connectivity index (χ3v) is 3.46. The first-order chi connectivity index (χ1) is 10.2. The molecule has 3 heterocycles. The number of pyridine rings is 1. The molecule has 0 saturated heterocycles. The SMILES string of the molecule is CCN(CC)c1nc(C)nc2nc(-c3ccncc3)[nH]c12. The lowest BCUT2D eigenvalue weighted by Crippen LogP contribution is -2.23. The van der Waals surface area contributed by atoms with Gasteiger partial charge in [0.25, 0.3) is 0 Å². The highest BCUT2D eigenvalue weighted by atomic mass is 15.2. The standard InChI is InChI=1S/C15H18N6/c1-4-21(5-2)15-12-14(17-10(3)18-15)20-13(19-12)11-6-8-16-9-7-11/h6-9H,4-5H2,1-3H3,(H,17,18,19,20). The summed E-state index contributed by atoms with van der Waals surface area (Å²) in [4.78, 5) is 23.2. The Morgan fingerprint density at radius 2 is 1.76 bits per heavy atom. The van der Waals surface area contributed by atoms with Gasteiger partial charge in [-0.05, 0) is 32.9 Å². The minimum atomic E-state index is 0.705. The van der Waals surface area contributed by atoms with E-state index in [4.69, 9.17) is 0 Å². The number of aryl methyl sites for hydroxylation is 1. The molecular formula is C15H18N6. The van der Waals surface area contributed by atoms with Crippen LogP contribution in [0.3, 0.4) is 0 Å². The first-order valence-corrected chi connectivity index (χ1v) is 7.12. The van der Waals surface area contributed by atoms with Gasteiger partial charge in [-0.1, -0.05) is 0 Å². The molecule has 1 N–H and O–H groups in total. The molecule has 3 rings (SSSR count). The van der Waals surface area contributed by atoms with E-state index in [9.17, 15) is 0 Å². The van der Waals surface area contributed by atoms with Crippen molar-refractivity contribution in [3.8, 4) is 11.4 Å². The van der Waals surface area contributed by atoms with E-state index in [0.717, 1.165) is 41.6 Å². The average molecular weight is 282 g/mol. The van der Waals surface area contributed by atoms with Crippen molar-refractivity contribution in [2.24, 2.45) is 0 Å².